The van der Waals surface area contributed by atoms with E-state index in [1.807, 2.05) is 20.8 Å². The van der Waals surface area contributed by atoms with Crippen LogP contribution in [0.15, 0.2) is 0 Å². The normalized spacial score (nSPS) is 15.6. The number of thioether (sulfide) groups is 1. The van der Waals surface area contributed by atoms with Crippen molar-refractivity contribution in [2.24, 2.45) is 5.41 Å². The highest BCUT2D eigenvalue weighted by molar-refractivity contribution is 9.09. The fraction of sp³-hybridized carbons (Fsp3) is 1.00. The van der Waals surface area contributed by atoms with Crippen molar-refractivity contribution in [3.63, 3.8) is 0 Å². The molecular weight excluding hydrogens is 277 g/mol. The van der Waals surface area contributed by atoms with E-state index < -0.39 is 5.51 Å². The first-order valence-electron chi connectivity index (χ1n) is 4.47. The molecule has 1 unspecified atom stereocenters. The number of alkyl halides is 4. The van der Waals surface area contributed by atoms with E-state index in [0.717, 1.165) is 6.42 Å². The maximum atomic E-state index is 11.8. The van der Waals surface area contributed by atoms with Crippen LogP contribution in [-0.4, -0.2) is 16.1 Å². The molecule has 0 aromatic heterocycles. The summed E-state index contributed by atoms with van der Waals surface area (Å²) in [5.41, 5.74) is -4.11. The van der Waals surface area contributed by atoms with Gasteiger partial charge >= 0.3 is 5.51 Å². The molecule has 0 amide bonds. The third-order valence-corrected chi connectivity index (χ3v) is 2.94. The lowest BCUT2D eigenvalue weighted by Crippen LogP contribution is -2.17. The van der Waals surface area contributed by atoms with Crippen molar-refractivity contribution in [3.8, 4) is 0 Å². The Labute approximate surface area is 96.1 Å². The quantitative estimate of drug-likeness (QED) is 0.654. The van der Waals surface area contributed by atoms with E-state index in [0.29, 0.717) is 11.2 Å². The Balaban J connectivity index is 3.76. The molecule has 5 heteroatoms. The fourth-order valence-electron chi connectivity index (χ4n) is 1.31. The van der Waals surface area contributed by atoms with Crippen molar-refractivity contribution in [1.82, 2.24) is 0 Å². The third kappa shape index (κ3) is 9.19. The van der Waals surface area contributed by atoms with Gasteiger partial charge < -0.3 is 0 Å². The molecule has 0 saturated heterocycles. The molecule has 0 spiro atoms. The van der Waals surface area contributed by atoms with E-state index in [-0.39, 0.29) is 22.9 Å². The van der Waals surface area contributed by atoms with Gasteiger partial charge in [0.25, 0.3) is 0 Å². The van der Waals surface area contributed by atoms with Gasteiger partial charge in [-0.15, -0.1) is 0 Å². The first kappa shape index (κ1) is 14.6. The Morgan fingerprint density at radius 3 is 2.14 bits per heavy atom. The van der Waals surface area contributed by atoms with Crippen molar-refractivity contribution in [2.75, 3.05) is 5.75 Å². The first-order valence-corrected chi connectivity index (χ1v) is 6.37. The molecule has 0 nitrogen and oxygen atoms in total. The van der Waals surface area contributed by atoms with Gasteiger partial charge in [0.2, 0.25) is 0 Å². The Hall–Kier alpha value is 0.620. The molecule has 0 rings (SSSR count). The van der Waals surface area contributed by atoms with Crippen LogP contribution in [0.4, 0.5) is 13.2 Å². The van der Waals surface area contributed by atoms with Gasteiger partial charge in [0, 0.05) is 10.6 Å². The minimum absolute atomic E-state index is 0.0266. The number of rotatable bonds is 5. The summed E-state index contributed by atoms with van der Waals surface area (Å²) in [6.45, 7) is 6.02. The van der Waals surface area contributed by atoms with Gasteiger partial charge in [-0.05, 0) is 18.3 Å². The topological polar surface area (TPSA) is 0 Å². The van der Waals surface area contributed by atoms with Crippen molar-refractivity contribution in [3.05, 3.63) is 0 Å². The van der Waals surface area contributed by atoms with Gasteiger partial charge in [0.1, 0.15) is 0 Å². The Morgan fingerprint density at radius 1 is 1.29 bits per heavy atom. The molecule has 0 aliphatic rings. The number of hydrogen-bond donors (Lipinski definition) is 0. The van der Waals surface area contributed by atoms with Gasteiger partial charge in [-0.25, -0.2) is 0 Å². The molecular formula is C9H16BrF3S. The highest BCUT2D eigenvalue weighted by atomic mass is 79.9. The molecule has 0 fully saturated rings. The maximum Gasteiger partial charge on any atom is 0.441 e. The molecule has 0 heterocycles. The standard InChI is InChI=1S/C9H16BrF3S/c1-7(10)6-8(2,3)4-5-14-9(11,12)13/h7H,4-6H2,1-3H3. The molecule has 14 heavy (non-hydrogen) atoms. The summed E-state index contributed by atoms with van der Waals surface area (Å²) in [7, 11) is 0. The monoisotopic (exact) mass is 292 g/mol. The average Bonchev–Trinajstić information content (AvgIpc) is 1.78. The molecule has 0 aliphatic carbocycles. The molecule has 0 aromatic rings. The number of halogens is 4. The lowest BCUT2D eigenvalue weighted by molar-refractivity contribution is -0.0328. The maximum absolute atomic E-state index is 11.8. The predicted octanol–water partition coefficient (Wildman–Crippen LogP) is 4.83. The highest BCUT2D eigenvalue weighted by Crippen LogP contribution is 2.35. The first-order chi connectivity index (χ1) is 6.12. The van der Waals surface area contributed by atoms with Crippen LogP contribution < -0.4 is 0 Å². The third-order valence-electron chi connectivity index (χ3n) is 1.88. The van der Waals surface area contributed by atoms with Crippen molar-refractivity contribution in [1.29, 1.82) is 0 Å². The molecule has 0 N–H and O–H groups in total. The summed E-state index contributed by atoms with van der Waals surface area (Å²) in [5.74, 6) is 0.149. The Kier molecular flexibility index (Phi) is 5.88. The lowest BCUT2D eigenvalue weighted by atomic mass is 9.85. The van der Waals surface area contributed by atoms with E-state index in [1.165, 1.54) is 0 Å². The largest absolute Gasteiger partial charge is 0.441 e. The van der Waals surface area contributed by atoms with Crippen LogP contribution >= 0.6 is 27.7 Å². The second kappa shape index (κ2) is 5.64. The smallest absolute Gasteiger partial charge is 0.160 e. The molecule has 0 bridgehead atoms. The summed E-state index contributed by atoms with van der Waals surface area (Å²) >= 11 is 3.48. The van der Waals surface area contributed by atoms with Gasteiger partial charge in [0.05, 0.1) is 0 Å². The van der Waals surface area contributed by atoms with Gasteiger partial charge in [-0.3, -0.25) is 0 Å². The molecule has 1 atom stereocenters. The van der Waals surface area contributed by atoms with E-state index in [1.54, 1.807) is 0 Å². The molecule has 86 valence electrons. The Bertz CT molecular complexity index is 166. The minimum atomic E-state index is -4.09. The second-order valence-electron chi connectivity index (χ2n) is 4.19. The van der Waals surface area contributed by atoms with Crippen molar-refractivity contribution in [2.45, 2.75) is 43.9 Å². The van der Waals surface area contributed by atoms with Crippen LogP contribution in [0, 0.1) is 5.41 Å². The summed E-state index contributed by atoms with van der Waals surface area (Å²) in [5, 5.41) is 0. The summed E-state index contributed by atoms with van der Waals surface area (Å²) in [4.78, 5) is 0.355. The SMILES string of the molecule is CC(Br)CC(C)(C)CCSC(F)(F)F. The fourth-order valence-corrected chi connectivity index (χ4v) is 3.07. The van der Waals surface area contributed by atoms with Gasteiger partial charge in [-0.1, -0.05) is 48.5 Å². The van der Waals surface area contributed by atoms with Crippen molar-refractivity contribution < 1.29 is 13.2 Å². The lowest BCUT2D eigenvalue weighted by Gasteiger charge is -2.25. The van der Waals surface area contributed by atoms with Crippen molar-refractivity contribution >= 4 is 27.7 Å². The van der Waals surface area contributed by atoms with Crippen LogP contribution in [0.3, 0.4) is 0 Å². The predicted molar refractivity (Wildman–Crippen MR) is 59.9 cm³/mol. The van der Waals surface area contributed by atoms with E-state index in [4.69, 9.17) is 0 Å². The Morgan fingerprint density at radius 2 is 1.79 bits per heavy atom. The molecule has 0 aliphatic heterocycles. The average molecular weight is 293 g/mol. The van der Waals surface area contributed by atoms with Gasteiger partial charge in [0.15, 0.2) is 0 Å². The second-order valence-corrected chi connectivity index (χ2v) is 6.92. The summed E-state index contributed by atoms with van der Waals surface area (Å²) in [6, 6.07) is 0. The van der Waals surface area contributed by atoms with Crippen LogP contribution in [0.25, 0.3) is 0 Å². The molecule has 0 radical (unpaired) electrons. The zero-order chi connectivity index (χ0) is 11.4. The molecule has 0 saturated carbocycles. The zero-order valence-corrected chi connectivity index (χ0v) is 11.0. The van der Waals surface area contributed by atoms with E-state index in [9.17, 15) is 13.2 Å². The van der Waals surface area contributed by atoms with E-state index >= 15 is 0 Å². The van der Waals surface area contributed by atoms with E-state index in [2.05, 4.69) is 15.9 Å². The summed E-state index contributed by atoms with van der Waals surface area (Å²) in [6.07, 6.45) is 1.48. The van der Waals surface area contributed by atoms with Gasteiger partial charge in [-0.2, -0.15) is 13.2 Å². The zero-order valence-electron chi connectivity index (χ0n) is 8.62. The summed E-state index contributed by atoms with van der Waals surface area (Å²) < 4.78 is 35.5. The van der Waals surface area contributed by atoms with Crippen LogP contribution in [0.1, 0.15) is 33.6 Å². The highest BCUT2D eigenvalue weighted by Gasteiger charge is 2.29. The number of hydrogen-bond acceptors (Lipinski definition) is 1. The van der Waals surface area contributed by atoms with Crippen LogP contribution in [0.2, 0.25) is 0 Å². The minimum Gasteiger partial charge on any atom is -0.160 e. The molecule has 0 aromatic carbocycles. The van der Waals surface area contributed by atoms with Crippen LogP contribution in [0.5, 0.6) is 0 Å². The van der Waals surface area contributed by atoms with Crippen LogP contribution in [-0.2, 0) is 0 Å².